The summed E-state index contributed by atoms with van der Waals surface area (Å²) < 4.78 is 6.37. The molecule has 0 radical (unpaired) electrons. The molecule has 0 spiro atoms. The number of carbonyl (C=O) groups excluding carboxylic acids is 2. The minimum Gasteiger partial charge on any atom is -0.484 e. The van der Waals surface area contributed by atoms with Crippen LogP contribution in [0.3, 0.4) is 0 Å². The van der Waals surface area contributed by atoms with Gasteiger partial charge >= 0.3 is 0 Å². The molecule has 0 aromatic heterocycles. The van der Waals surface area contributed by atoms with Crippen molar-refractivity contribution in [2.45, 2.75) is 13.0 Å². The van der Waals surface area contributed by atoms with Crippen LogP contribution in [0.1, 0.15) is 28.9 Å². The molecule has 0 saturated carbocycles. The van der Waals surface area contributed by atoms with Gasteiger partial charge in [0, 0.05) is 10.0 Å². The van der Waals surface area contributed by atoms with Crippen LogP contribution >= 0.6 is 15.9 Å². The first kappa shape index (κ1) is 17.0. The molecular weight excluding hydrogens is 360 g/mol. The zero-order chi connectivity index (χ0) is 16.8. The van der Waals surface area contributed by atoms with Crippen molar-refractivity contribution in [3.05, 3.63) is 64.1 Å². The van der Waals surface area contributed by atoms with Crippen LogP contribution in [-0.4, -0.2) is 18.4 Å². The van der Waals surface area contributed by atoms with E-state index in [0.717, 1.165) is 10.0 Å². The van der Waals surface area contributed by atoms with Crippen LogP contribution < -0.4 is 15.8 Å². The van der Waals surface area contributed by atoms with E-state index in [0.29, 0.717) is 11.3 Å². The van der Waals surface area contributed by atoms with E-state index in [1.807, 2.05) is 31.2 Å². The highest BCUT2D eigenvalue weighted by Gasteiger charge is 2.10. The van der Waals surface area contributed by atoms with Gasteiger partial charge in [-0.3, -0.25) is 9.59 Å². The standard InChI is InChI=1S/C17H17BrN2O3/c1-11(12-5-7-14(18)8-6-12)20-16(21)10-23-15-4-2-3-13(9-15)17(19)22/h2-9,11H,10H2,1H3,(H2,19,22)(H,20,21). The number of nitrogens with two attached hydrogens (primary N) is 1. The molecule has 0 fully saturated rings. The van der Waals surface area contributed by atoms with Gasteiger partial charge in [-0.2, -0.15) is 0 Å². The zero-order valence-corrected chi connectivity index (χ0v) is 14.2. The van der Waals surface area contributed by atoms with E-state index in [-0.39, 0.29) is 18.6 Å². The van der Waals surface area contributed by atoms with Gasteiger partial charge in [-0.15, -0.1) is 0 Å². The van der Waals surface area contributed by atoms with Crippen LogP contribution in [0.25, 0.3) is 0 Å². The molecule has 120 valence electrons. The zero-order valence-electron chi connectivity index (χ0n) is 12.6. The third kappa shape index (κ3) is 5.10. The van der Waals surface area contributed by atoms with Crippen molar-refractivity contribution < 1.29 is 14.3 Å². The Bertz CT molecular complexity index is 701. The summed E-state index contributed by atoms with van der Waals surface area (Å²) in [5.74, 6) is -0.360. The smallest absolute Gasteiger partial charge is 0.258 e. The number of benzene rings is 2. The summed E-state index contributed by atoms with van der Waals surface area (Å²) in [6, 6.07) is 14.0. The van der Waals surface area contributed by atoms with E-state index in [4.69, 9.17) is 10.5 Å². The summed E-state index contributed by atoms with van der Waals surface area (Å²) in [5.41, 5.74) is 6.54. The maximum Gasteiger partial charge on any atom is 0.258 e. The van der Waals surface area contributed by atoms with Crippen molar-refractivity contribution in [3.8, 4) is 5.75 Å². The highest BCUT2D eigenvalue weighted by atomic mass is 79.9. The molecule has 6 heteroatoms. The summed E-state index contributed by atoms with van der Waals surface area (Å²) in [6.07, 6.45) is 0. The fourth-order valence-electron chi connectivity index (χ4n) is 2.01. The molecule has 0 aliphatic heterocycles. The van der Waals surface area contributed by atoms with Crippen LogP contribution in [0.5, 0.6) is 5.75 Å². The first-order valence-corrected chi connectivity index (χ1v) is 7.82. The number of halogens is 1. The summed E-state index contributed by atoms with van der Waals surface area (Å²) in [6.45, 7) is 1.76. The van der Waals surface area contributed by atoms with E-state index < -0.39 is 5.91 Å². The molecule has 3 N–H and O–H groups in total. The number of amides is 2. The minimum absolute atomic E-state index is 0.129. The normalized spacial score (nSPS) is 11.6. The average molecular weight is 377 g/mol. The maximum atomic E-state index is 11.9. The molecule has 0 heterocycles. The number of carbonyl (C=O) groups is 2. The first-order valence-electron chi connectivity index (χ1n) is 7.03. The first-order chi connectivity index (χ1) is 11.0. The van der Waals surface area contributed by atoms with E-state index in [9.17, 15) is 9.59 Å². The summed E-state index contributed by atoms with van der Waals surface area (Å²) in [4.78, 5) is 23.1. The summed E-state index contributed by atoms with van der Waals surface area (Å²) >= 11 is 3.37. The Morgan fingerprint density at radius 2 is 1.91 bits per heavy atom. The quantitative estimate of drug-likeness (QED) is 0.812. The lowest BCUT2D eigenvalue weighted by atomic mass is 10.1. The molecule has 2 aromatic carbocycles. The van der Waals surface area contributed by atoms with Gasteiger partial charge in [-0.1, -0.05) is 34.1 Å². The number of ether oxygens (including phenoxy) is 1. The molecule has 23 heavy (non-hydrogen) atoms. The third-order valence-corrected chi connectivity index (χ3v) is 3.76. The predicted octanol–water partition coefficient (Wildman–Crippen LogP) is 2.80. The van der Waals surface area contributed by atoms with Crippen LogP contribution in [0, 0.1) is 0 Å². The number of hydrogen-bond acceptors (Lipinski definition) is 3. The molecule has 2 rings (SSSR count). The Morgan fingerprint density at radius 1 is 1.22 bits per heavy atom. The molecule has 5 nitrogen and oxygen atoms in total. The maximum absolute atomic E-state index is 11.9. The molecule has 2 amide bonds. The molecule has 1 unspecified atom stereocenters. The highest BCUT2D eigenvalue weighted by Crippen LogP contribution is 2.17. The van der Waals surface area contributed by atoms with Crippen molar-refractivity contribution >= 4 is 27.7 Å². The lowest BCUT2D eigenvalue weighted by Crippen LogP contribution is -2.31. The monoisotopic (exact) mass is 376 g/mol. The molecular formula is C17H17BrN2O3. The van der Waals surface area contributed by atoms with E-state index in [1.165, 1.54) is 6.07 Å². The van der Waals surface area contributed by atoms with Crippen molar-refractivity contribution in [1.29, 1.82) is 0 Å². The van der Waals surface area contributed by atoms with E-state index >= 15 is 0 Å². The summed E-state index contributed by atoms with van der Waals surface area (Å²) in [7, 11) is 0. The molecule has 0 saturated heterocycles. The third-order valence-electron chi connectivity index (χ3n) is 3.24. The molecule has 0 aliphatic carbocycles. The lowest BCUT2D eigenvalue weighted by Gasteiger charge is -2.15. The van der Waals surface area contributed by atoms with Gasteiger partial charge in [-0.05, 0) is 42.8 Å². The second kappa shape index (κ2) is 7.78. The van der Waals surface area contributed by atoms with Gasteiger partial charge < -0.3 is 15.8 Å². The highest BCUT2D eigenvalue weighted by molar-refractivity contribution is 9.10. The Morgan fingerprint density at radius 3 is 2.57 bits per heavy atom. The number of nitrogens with one attached hydrogen (secondary N) is 1. The fourth-order valence-corrected chi connectivity index (χ4v) is 2.27. The largest absolute Gasteiger partial charge is 0.484 e. The average Bonchev–Trinajstić information content (AvgIpc) is 2.53. The van der Waals surface area contributed by atoms with Crippen molar-refractivity contribution in [1.82, 2.24) is 5.32 Å². The van der Waals surface area contributed by atoms with Gasteiger partial charge in [0.25, 0.3) is 5.91 Å². The second-order valence-corrected chi connectivity index (χ2v) is 5.94. The van der Waals surface area contributed by atoms with Crippen molar-refractivity contribution in [3.63, 3.8) is 0 Å². The van der Waals surface area contributed by atoms with Crippen molar-refractivity contribution in [2.75, 3.05) is 6.61 Å². The topological polar surface area (TPSA) is 81.4 Å². The Hall–Kier alpha value is -2.34. The molecule has 0 bridgehead atoms. The van der Waals surface area contributed by atoms with Gasteiger partial charge in [0.1, 0.15) is 5.75 Å². The van der Waals surface area contributed by atoms with Gasteiger partial charge in [0.05, 0.1) is 6.04 Å². The van der Waals surface area contributed by atoms with Crippen LogP contribution in [-0.2, 0) is 4.79 Å². The number of primary amides is 1. The van der Waals surface area contributed by atoms with Gasteiger partial charge in [0.15, 0.2) is 6.61 Å². The lowest BCUT2D eigenvalue weighted by molar-refractivity contribution is -0.123. The fraction of sp³-hybridized carbons (Fsp3) is 0.176. The van der Waals surface area contributed by atoms with Crippen molar-refractivity contribution in [2.24, 2.45) is 5.73 Å². The SMILES string of the molecule is CC(NC(=O)COc1cccc(C(N)=O)c1)c1ccc(Br)cc1. The Labute approximate surface area is 143 Å². The van der Waals surface area contributed by atoms with Crippen LogP contribution in [0.2, 0.25) is 0 Å². The molecule has 0 aliphatic rings. The Kier molecular flexibility index (Phi) is 5.76. The molecule has 2 aromatic rings. The van der Waals surface area contributed by atoms with Crippen LogP contribution in [0.15, 0.2) is 53.0 Å². The van der Waals surface area contributed by atoms with Crippen LogP contribution in [0.4, 0.5) is 0 Å². The predicted molar refractivity (Wildman–Crippen MR) is 91.2 cm³/mol. The Balaban J connectivity index is 1.88. The van der Waals surface area contributed by atoms with E-state index in [2.05, 4.69) is 21.2 Å². The van der Waals surface area contributed by atoms with Gasteiger partial charge in [0.2, 0.25) is 5.91 Å². The van der Waals surface area contributed by atoms with Gasteiger partial charge in [-0.25, -0.2) is 0 Å². The number of hydrogen-bond donors (Lipinski definition) is 2. The summed E-state index contributed by atoms with van der Waals surface area (Å²) in [5, 5.41) is 2.85. The minimum atomic E-state index is -0.538. The molecule has 1 atom stereocenters. The van der Waals surface area contributed by atoms with E-state index in [1.54, 1.807) is 18.2 Å². The number of rotatable bonds is 6. The second-order valence-electron chi connectivity index (χ2n) is 5.02.